The lowest BCUT2D eigenvalue weighted by Crippen LogP contribution is -2.00. The zero-order valence-electron chi connectivity index (χ0n) is 11.7. The monoisotopic (exact) mass is 348 g/mol. The molecule has 4 nitrogen and oxygen atoms in total. The van der Waals surface area contributed by atoms with Gasteiger partial charge in [0.15, 0.2) is 5.65 Å². The largest absolute Gasteiger partial charge is 0.380 e. The van der Waals surface area contributed by atoms with Crippen molar-refractivity contribution in [2.24, 2.45) is 7.05 Å². The molecule has 3 rings (SSSR count). The summed E-state index contributed by atoms with van der Waals surface area (Å²) < 4.78 is 15.7. The molecule has 1 aromatic carbocycles. The van der Waals surface area contributed by atoms with Crippen molar-refractivity contribution in [2.45, 2.75) is 13.5 Å². The summed E-state index contributed by atoms with van der Waals surface area (Å²) in [6, 6.07) is 7.11. The van der Waals surface area contributed by atoms with E-state index in [-0.39, 0.29) is 5.82 Å². The van der Waals surface area contributed by atoms with Crippen LogP contribution in [0.2, 0.25) is 0 Å². The third kappa shape index (κ3) is 2.76. The van der Waals surface area contributed by atoms with Gasteiger partial charge in [-0.25, -0.2) is 9.37 Å². The summed E-state index contributed by atoms with van der Waals surface area (Å²) in [7, 11) is 1.88. The van der Waals surface area contributed by atoms with E-state index in [0.29, 0.717) is 11.0 Å². The molecule has 2 aromatic heterocycles. The number of aryl methyl sites for hydroxylation is 2. The Bertz CT molecular complexity index is 813. The Labute approximate surface area is 130 Å². The average Bonchev–Trinajstić information content (AvgIpc) is 2.75. The van der Waals surface area contributed by atoms with E-state index in [1.54, 1.807) is 16.9 Å². The van der Waals surface area contributed by atoms with E-state index >= 15 is 0 Å². The molecule has 0 amide bonds. The molecule has 1 N–H and O–H groups in total. The summed E-state index contributed by atoms with van der Waals surface area (Å²) in [5, 5.41) is 8.62. The van der Waals surface area contributed by atoms with Crippen molar-refractivity contribution < 1.29 is 4.39 Å². The minimum atomic E-state index is -0.258. The molecule has 0 unspecified atom stereocenters. The molecule has 0 fully saturated rings. The number of fused-ring (bicyclic) bond motifs is 1. The van der Waals surface area contributed by atoms with Crippen LogP contribution in [-0.2, 0) is 13.6 Å². The molecule has 0 saturated carbocycles. The minimum absolute atomic E-state index is 0.258. The Balaban J connectivity index is 1.81. The quantitative estimate of drug-likeness (QED) is 0.782. The number of aromatic nitrogens is 3. The Morgan fingerprint density at radius 2 is 2.14 bits per heavy atom. The molecule has 0 saturated heterocycles. The van der Waals surface area contributed by atoms with Crippen molar-refractivity contribution in [3.8, 4) is 0 Å². The zero-order chi connectivity index (χ0) is 15.0. The van der Waals surface area contributed by atoms with E-state index in [1.807, 2.05) is 26.1 Å². The van der Waals surface area contributed by atoms with Crippen LogP contribution in [0.25, 0.3) is 11.0 Å². The second kappa shape index (κ2) is 5.44. The highest BCUT2D eigenvalue weighted by atomic mass is 79.9. The van der Waals surface area contributed by atoms with Gasteiger partial charge < -0.3 is 5.32 Å². The lowest BCUT2D eigenvalue weighted by molar-refractivity contribution is 0.619. The van der Waals surface area contributed by atoms with Gasteiger partial charge in [-0.2, -0.15) is 5.10 Å². The number of rotatable bonds is 3. The first-order valence-electron chi connectivity index (χ1n) is 6.52. The van der Waals surface area contributed by atoms with Crippen molar-refractivity contribution in [2.75, 3.05) is 5.32 Å². The summed E-state index contributed by atoms with van der Waals surface area (Å²) >= 11 is 3.15. The van der Waals surface area contributed by atoms with Crippen LogP contribution < -0.4 is 5.32 Å². The van der Waals surface area contributed by atoms with Crippen LogP contribution in [0.15, 0.2) is 34.9 Å². The van der Waals surface area contributed by atoms with Crippen LogP contribution in [0.4, 0.5) is 10.1 Å². The molecule has 2 heterocycles. The molecular weight excluding hydrogens is 335 g/mol. The second-order valence-corrected chi connectivity index (χ2v) is 5.76. The fraction of sp³-hybridized carbons (Fsp3) is 0.200. The first-order chi connectivity index (χ1) is 10.0. The van der Waals surface area contributed by atoms with Gasteiger partial charge in [-0.1, -0.05) is 6.07 Å². The van der Waals surface area contributed by atoms with E-state index in [1.165, 1.54) is 6.07 Å². The zero-order valence-corrected chi connectivity index (χ0v) is 13.3. The van der Waals surface area contributed by atoms with Gasteiger partial charge in [0.25, 0.3) is 0 Å². The number of nitrogens with one attached hydrogen (secondary N) is 1. The smallest absolute Gasteiger partial charge is 0.157 e. The van der Waals surface area contributed by atoms with Crippen LogP contribution in [0, 0.1) is 12.7 Å². The van der Waals surface area contributed by atoms with Gasteiger partial charge in [-0.15, -0.1) is 0 Å². The molecular formula is C15H14BrFN4. The Morgan fingerprint density at radius 3 is 2.90 bits per heavy atom. The maximum absolute atomic E-state index is 13.5. The number of hydrogen-bond acceptors (Lipinski definition) is 3. The summed E-state index contributed by atoms with van der Waals surface area (Å²) in [5.41, 5.74) is 3.56. The van der Waals surface area contributed by atoms with E-state index in [9.17, 15) is 4.39 Å². The average molecular weight is 349 g/mol. The number of hydrogen-bond donors (Lipinski definition) is 1. The van der Waals surface area contributed by atoms with Gasteiger partial charge in [0.2, 0.25) is 0 Å². The van der Waals surface area contributed by atoms with Gasteiger partial charge >= 0.3 is 0 Å². The Kier molecular flexibility index (Phi) is 3.63. The van der Waals surface area contributed by atoms with Crippen molar-refractivity contribution >= 4 is 32.7 Å². The van der Waals surface area contributed by atoms with Gasteiger partial charge in [0.05, 0.1) is 22.1 Å². The normalized spacial score (nSPS) is 11.0. The predicted molar refractivity (Wildman–Crippen MR) is 84.7 cm³/mol. The standard InChI is InChI=1S/C15H14BrFN4/c1-9-12-6-11(8-19-15(12)21(2)20-9)18-7-10-3-4-13(16)14(17)5-10/h3-6,8,18H,7H2,1-2H3. The summed E-state index contributed by atoms with van der Waals surface area (Å²) in [6.07, 6.45) is 1.76. The van der Waals surface area contributed by atoms with Crippen molar-refractivity contribution in [3.05, 3.63) is 52.0 Å². The number of benzene rings is 1. The molecule has 0 aliphatic carbocycles. The fourth-order valence-electron chi connectivity index (χ4n) is 2.26. The Hall–Kier alpha value is -1.95. The summed E-state index contributed by atoms with van der Waals surface area (Å²) in [5.74, 6) is -0.258. The minimum Gasteiger partial charge on any atom is -0.380 e. The maximum Gasteiger partial charge on any atom is 0.157 e. The molecule has 0 atom stereocenters. The molecule has 0 aliphatic heterocycles. The van der Waals surface area contributed by atoms with Gasteiger partial charge in [-0.3, -0.25) is 4.68 Å². The Morgan fingerprint density at radius 1 is 1.33 bits per heavy atom. The first-order valence-corrected chi connectivity index (χ1v) is 7.31. The molecule has 3 aromatic rings. The SMILES string of the molecule is Cc1nn(C)c2ncc(NCc3ccc(Br)c(F)c3)cc12. The van der Waals surface area contributed by atoms with Gasteiger partial charge in [-0.05, 0) is 46.6 Å². The molecule has 108 valence electrons. The second-order valence-electron chi connectivity index (χ2n) is 4.91. The highest BCUT2D eigenvalue weighted by Crippen LogP contribution is 2.21. The van der Waals surface area contributed by atoms with Crippen LogP contribution >= 0.6 is 15.9 Å². The number of halogens is 2. The predicted octanol–water partition coefficient (Wildman–Crippen LogP) is 3.79. The number of nitrogens with zero attached hydrogens (tertiary/aromatic N) is 3. The summed E-state index contributed by atoms with van der Waals surface area (Å²) in [4.78, 5) is 4.40. The highest BCUT2D eigenvalue weighted by Gasteiger charge is 2.07. The maximum atomic E-state index is 13.5. The molecule has 6 heteroatoms. The third-order valence-electron chi connectivity index (χ3n) is 3.34. The molecule has 0 spiro atoms. The van der Waals surface area contributed by atoms with E-state index in [0.717, 1.165) is 28.0 Å². The van der Waals surface area contributed by atoms with E-state index in [2.05, 4.69) is 31.3 Å². The molecule has 0 aliphatic rings. The van der Waals surface area contributed by atoms with Crippen LogP contribution in [-0.4, -0.2) is 14.8 Å². The van der Waals surface area contributed by atoms with Crippen molar-refractivity contribution in [1.29, 1.82) is 0 Å². The fourth-order valence-corrected chi connectivity index (χ4v) is 2.50. The van der Waals surface area contributed by atoms with Crippen LogP contribution in [0.1, 0.15) is 11.3 Å². The lowest BCUT2D eigenvalue weighted by atomic mass is 10.2. The number of anilines is 1. The molecule has 0 bridgehead atoms. The summed E-state index contributed by atoms with van der Waals surface area (Å²) in [6.45, 7) is 2.49. The van der Waals surface area contributed by atoms with Gasteiger partial charge in [0, 0.05) is 19.0 Å². The molecule has 21 heavy (non-hydrogen) atoms. The third-order valence-corrected chi connectivity index (χ3v) is 3.99. The lowest BCUT2D eigenvalue weighted by Gasteiger charge is -2.07. The van der Waals surface area contributed by atoms with Crippen molar-refractivity contribution in [3.63, 3.8) is 0 Å². The highest BCUT2D eigenvalue weighted by molar-refractivity contribution is 9.10. The van der Waals surface area contributed by atoms with E-state index in [4.69, 9.17) is 0 Å². The van der Waals surface area contributed by atoms with Crippen molar-refractivity contribution in [1.82, 2.24) is 14.8 Å². The first kappa shape index (κ1) is 14.0. The van der Waals surface area contributed by atoms with E-state index < -0.39 is 0 Å². The number of pyridine rings is 1. The van der Waals surface area contributed by atoms with Gasteiger partial charge in [0.1, 0.15) is 5.82 Å². The molecule has 0 radical (unpaired) electrons. The topological polar surface area (TPSA) is 42.7 Å². The van der Waals surface area contributed by atoms with Crippen LogP contribution in [0.5, 0.6) is 0 Å². The van der Waals surface area contributed by atoms with Crippen LogP contribution in [0.3, 0.4) is 0 Å².